The standard InChI is InChI=1S/C16H21NO4/c1-12(2)16(19)21-9-8-20-15(18)11-13-6-5-7-14(10-13)17(3)4/h5-7,10H,1,8-9,11H2,2-4H3. The Hall–Kier alpha value is -2.30. The van der Waals surface area contributed by atoms with Crippen LogP contribution in [0.5, 0.6) is 0 Å². The number of nitrogens with zero attached hydrogens (tertiary/aromatic N) is 1. The van der Waals surface area contributed by atoms with Crippen molar-refractivity contribution in [1.29, 1.82) is 0 Å². The first-order valence-corrected chi connectivity index (χ1v) is 6.64. The van der Waals surface area contributed by atoms with Gasteiger partial charge >= 0.3 is 11.9 Å². The Labute approximate surface area is 125 Å². The van der Waals surface area contributed by atoms with Gasteiger partial charge in [0, 0.05) is 25.4 Å². The number of ether oxygens (including phenoxy) is 2. The van der Waals surface area contributed by atoms with Gasteiger partial charge < -0.3 is 14.4 Å². The summed E-state index contributed by atoms with van der Waals surface area (Å²) in [5.74, 6) is -0.831. The van der Waals surface area contributed by atoms with Crippen LogP contribution in [0.3, 0.4) is 0 Å². The lowest BCUT2D eigenvalue weighted by Crippen LogP contribution is -2.15. The van der Waals surface area contributed by atoms with Gasteiger partial charge in [0.1, 0.15) is 13.2 Å². The molecule has 0 radical (unpaired) electrons. The first-order chi connectivity index (χ1) is 9.90. The molecule has 0 aliphatic heterocycles. The van der Waals surface area contributed by atoms with E-state index in [4.69, 9.17) is 9.47 Å². The first-order valence-electron chi connectivity index (χ1n) is 6.64. The molecule has 0 atom stereocenters. The van der Waals surface area contributed by atoms with Crippen molar-refractivity contribution in [2.45, 2.75) is 13.3 Å². The minimum absolute atomic E-state index is 0.0369. The van der Waals surface area contributed by atoms with Gasteiger partial charge in [-0.1, -0.05) is 18.7 Å². The minimum Gasteiger partial charge on any atom is -0.462 e. The number of anilines is 1. The van der Waals surface area contributed by atoms with Gasteiger partial charge in [0.2, 0.25) is 0 Å². The molecular weight excluding hydrogens is 270 g/mol. The quantitative estimate of drug-likeness (QED) is 0.437. The van der Waals surface area contributed by atoms with E-state index >= 15 is 0 Å². The van der Waals surface area contributed by atoms with E-state index in [1.54, 1.807) is 6.92 Å². The maximum absolute atomic E-state index is 11.7. The summed E-state index contributed by atoms with van der Waals surface area (Å²) in [4.78, 5) is 24.8. The Morgan fingerprint density at radius 2 is 1.86 bits per heavy atom. The molecule has 114 valence electrons. The highest BCUT2D eigenvalue weighted by molar-refractivity contribution is 5.86. The van der Waals surface area contributed by atoms with E-state index in [-0.39, 0.29) is 25.6 Å². The van der Waals surface area contributed by atoms with Crippen LogP contribution in [0.15, 0.2) is 36.4 Å². The SMILES string of the molecule is C=C(C)C(=O)OCCOC(=O)Cc1cccc(N(C)C)c1. The summed E-state index contributed by atoms with van der Waals surface area (Å²) >= 11 is 0. The Balaban J connectivity index is 2.35. The zero-order valence-corrected chi connectivity index (χ0v) is 12.7. The van der Waals surface area contributed by atoms with Gasteiger partial charge in [0.05, 0.1) is 6.42 Å². The lowest BCUT2D eigenvalue weighted by atomic mass is 10.1. The summed E-state index contributed by atoms with van der Waals surface area (Å²) in [6, 6.07) is 7.66. The molecule has 0 aromatic heterocycles. The zero-order chi connectivity index (χ0) is 15.8. The summed E-state index contributed by atoms with van der Waals surface area (Å²) in [6.07, 6.45) is 0.191. The van der Waals surface area contributed by atoms with Crippen LogP contribution in [-0.4, -0.2) is 39.2 Å². The Morgan fingerprint density at radius 3 is 2.48 bits per heavy atom. The van der Waals surface area contributed by atoms with E-state index in [0.29, 0.717) is 5.57 Å². The van der Waals surface area contributed by atoms with Crippen molar-refractivity contribution >= 4 is 17.6 Å². The summed E-state index contributed by atoms with van der Waals surface area (Å²) in [5.41, 5.74) is 2.22. The molecule has 0 N–H and O–H groups in total. The molecule has 0 fully saturated rings. The fourth-order valence-corrected chi connectivity index (χ4v) is 1.58. The molecule has 1 aromatic rings. The van der Waals surface area contributed by atoms with Crippen LogP contribution in [0.2, 0.25) is 0 Å². The minimum atomic E-state index is -0.482. The second-order valence-electron chi connectivity index (χ2n) is 4.88. The van der Waals surface area contributed by atoms with Crippen molar-refractivity contribution in [1.82, 2.24) is 0 Å². The molecule has 0 heterocycles. The summed E-state index contributed by atoms with van der Waals surface area (Å²) in [7, 11) is 3.88. The molecule has 0 aliphatic rings. The van der Waals surface area contributed by atoms with Crippen molar-refractivity contribution < 1.29 is 19.1 Å². The van der Waals surface area contributed by atoms with Crippen LogP contribution in [0, 0.1) is 0 Å². The zero-order valence-electron chi connectivity index (χ0n) is 12.7. The maximum atomic E-state index is 11.7. The molecule has 1 aromatic carbocycles. The third-order valence-electron chi connectivity index (χ3n) is 2.70. The van der Waals surface area contributed by atoms with E-state index in [0.717, 1.165) is 11.3 Å². The second kappa shape index (κ2) is 8.09. The molecule has 0 aliphatic carbocycles. The molecule has 0 saturated heterocycles. The average molecular weight is 291 g/mol. The van der Waals surface area contributed by atoms with Crippen molar-refractivity contribution in [2.24, 2.45) is 0 Å². The molecule has 21 heavy (non-hydrogen) atoms. The summed E-state index contributed by atoms with van der Waals surface area (Å²) in [5, 5.41) is 0. The fourth-order valence-electron chi connectivity index (χ4n) is 1.58. The van der Waals surface area contributed by atoms with Gasteiger partial charge in [-0.3, -0.25) is 4.79 Å². The normalized spacial score (nSPS) is 9.86. The third-order valence-corrected chi connectivity index (χ3v) is 2.70. The largest absolute Gasteiger partial charge is 0.462 e. The molecule has 0 saturated carbocycles. The molecule has 0 unspecified atom stereocenters. The first kappa shape index (κ1) is 16.8. The fraction of sp³-hybridized carbons (Fsp3) is 0.375. The van der Waals surface area contributed by atoms with Crippen LogP contribution in [-0.2, 0) is 25.5 Å². The molecule has 0 spiro atoms. The molecule has 1 rings (SSSR count). The summed E-state index contributed by atoms with van der Waals surface area (Å²) < 4.78 is 9.85. The van der Waals surface area contributed by atoms with Crippen LogP contribution in [0.25, 0.3) is 0 Å². The third kappa shape index (κ3) is 6.12. The van der Waals surface area contributed by atoms with Crippen molar-refractivity contribution in [3.8, 4) is 0 Å². The van der Waals surface area contributed by atoms with Crippen LogP contribution >= 0.6 is 0 Å². The van der Waals surface area contributed by atoms with Crippen molar-refractivity contribution in [2.75, 3.05) is 32.2 Å². The van der Waals surface area contributed by atoms with Gasteiger partial charge in [0.25, 0.3) is 0 Å². The molecule has 0 amide bonds. The van der Waals surface area contributed by atoms with Crippen molar-refractivity contribution in [3.63, 3.8) is 0 Å². The number of carbonyl (C=O) groups excluding carboxylic acids is 2. The Kier molecular flexibility index (Phi) is 6.46. The average Bonchev–Trinajstić information content (AvgIpc) is 2.43. The maximum Gasteiger partial charge on any atom is 0.333 e. The lowest BCUT2D eigenvalue weighted by molar-refractivity contribution is -0.149. The van der Waals surface area contributed by atoms with Gasteiger partial charge in [-0.05, 0) is 24.6 Å². The number of benzene rings is 1. The number of hydrogen-bond donors (Lipinski definition) is 0. The Bertz CT molecular complexity index is 523. The van der Waals surface area contributed by atoms with E-state index in [2.05, 4.69) is 6.58 Å². The number of hydrogen-bond acceptors (Lipinski definition) is 5. The van der Waals surface area contributed by atoms with Gasteiger partial charge in [-0.2, -0.15) is 0 Å². The van der Waals surface area contributed by atoms with Crippen LogP contribution < -0.4 is 4.90 Å². The smallest absolute Gasteiger partial charge is 0.333 e. The molecule has 5 nitrogen and oxygen atoms in total. The predicted octanol–water partition coefficient (Wildman–Crippen LogP) is 1.96. The highest BCUT2D eigenvalue weighted by Gasteiger charge is 2.07. The Morgan fingerprint density at radius 1 is 1.19 bits per heavy atom. The monoisotopic (exact) mass is 291 g/mol. The predicted molar refractivity (Wildman–Crippen MR) is 81.2 cm³/mol. The van der Waals surface area contributed by atoms with E-state index in [1.165, 1.54) is 0 Å². The molecular formula is C16H21NO4. The second-order valence-corrected chi connectivity index (χ2v) is 4.88. The van der Waals surface area contributed by atoms with E-state index in [1.807, 2.05) is 43.3 Å². The summed E-state index contributed by atoms with van der Waals surface area (Å²) in [6.45, 7) is 5.11. The van der Waals surface area contributed by atoms with Gasteiger partial charge in [-0.15, -0.1) is 0 Å². The van der Waals surface area contributed by atoms with Crippen LogP contribution in [0.4, 0.5) is 5.69 Å². The number of esters is 2. The van der Waals surface area contributed by atoms with Crippen molar-refractivity contribution in [3.05, 3.63) is 42.0 Å². The van der Waals surface area contributed by atoms with Gasteiger partial charge in [-0.25, -0.2) is 4.79 Å². The molecule has 5 heteroatoms. The number of rotatable bonds is 7. The lowest BCUT2D eigenvalue weighted by Gasteiger charge is -2.13. The van der Waals surface area contributed by atoms with Gasteiger partial charge in [0.15, 0.2) is 0 Å². The number of carbonyl (C=O) groups is 2. The topological polar surface area (TPSA) is 55.8 Å². The highest BCUT2D eigenvalue weighted by Crippen LogP contribution is 2.14. The van der Waals surface area contributed by atoms with E-state index in [9.17, 15) is 9.59 Å². The van der Waals surface area contributed by atoms with Crippen LogP contribution in [0.1, 0.15) is 12.5 Å². The highest BCUT2D eigenvalue weighted by atomic mass is 16.6. The van der Waals surface area contributed by atoms with E-state index < -0.39 is 5.97 Å². The molecule has 0 bridgehead atoms.